The van der Waals surface area contributed by atoms with Gasteiger partial charge in [0.2, 0.25) is 0 Å². The number of halogens is 2. The van der Waals surface area contributed by atoms with E-state index < -0.39 is 0 Å². The first-order valence-corrected chi connectivity index (χ1v) is 6.62. The Morgan fingerprint density at radius 1 is 1.50 bits per heavy atom. The number of unbranched alkanes of at least 4 members (excludes halogenated alkanes) is 1. The van der Waals surface area contributed by atoms with Gasteiger partial charge in [0.05, 0.1) is 5.02 Å². The molecule has 0 saturated carbocycles. The lowest BCUT2D eigenvalue weighted by molar-refractivity contribution is 0.707. The van der Waals surface area contributed by atoms with Crippen LogP contribution in [-0.4, -0.2) is 24.6 Å². The summed E-state index contributed by atoms with van der Waals surface area (Å²) in [7, 11) is 0. The van der Waals surface area contributed by atoms with E-state index >= 15 is 0 Å². The Morgan fingerprint density at radius 3 is 2.81 bits per heavy atom. The standard InChI is InChI=1S/C11H17BrClN3/c1-2-3-5-16(6-4-14)11-10(13)7-9(12)8-15-11/h7-8H,2-6,14H2,1H3. The molecule has 0 radical (unpaired) electrons. The van der Waals surface area contributed by atoms with Gasteiger partial charge in [-0.15, -0.1) is 0 Å². The highest BCUT2D eigenvalue weighted by Crippen LogP contribution is 2.26. The molecule has 90 valence electrons. The lowest BCUT2D eigenvalue weighted by Crippen LogP contribution is -2.31. The van der Waals surface area contributed by atoms with Crippen molar-refractivity contribution in [1.29, 1.82) is 0 Å². The molecule has 3 nitrogen and oxygen atoms in total. The van der Waals surface area contributed by atoms with Gasteiger partial charge in [-0.25, -0.2) is 4.98 Å². The van der Waals surface area contributed by atoms with E-state index in [9.17, 15) is 0 Å². The second-order valence-electron chi connectivity index (χ2n) is 3.59. The van der Waals surface area contributed by atoms with Crippen molar-refractivity contribution in [1.82, 2.24) is 4.98 Å². The van der Waals surface area contributed by atoms with Crippen molar-refractivity contribution < 1.29 is 0 Å². The Labute approximate surface area is 110 Å². The lowest BCUT2D eigenvalue weighted by atomic mass is 10.3. The molecule has 0 spiro atoms. The highest BCUT2D eigenvalue weighted by atomic mass is 79.9. The van der Waals surface area contributed by atoms with E-state index in [1.165, 1.54) is 0 Å². The summed E-state index contributed by atoms with van der Waals surface area (Å²) in [6.45, 7) is 4.51. The van der Waals surface area contributed by atoms with Crippen LogP contribution < -0.4 is 10.6 Å². The molecule has 0 unspecified atom stereocenters. The minimum atomic E-state index is 0.609. The molecular formula is C11H17BrClN3. The third kappa shape index (κ3) is 3.92. The SMILES string of the molecule is CCCCN(CCN)c1ncc(Br)cc1Cl. The van der Waals surface area contributed by atoms with Gasteiger partial charge in [0.25, 0.3) is 0 Å². The highest BCUT2D eigenvalue weighted by molar-refractivity contribution is 9.10. The molecule has 0 saturated heterocycles. The van der Waals surface area contributed by atoms with Gasteiger partial charge in [-0.2, -0.15) is 0 Å². The van der Waals surface area contributed by atoms with Crippen molar-refractivity contribution in [2.24, 2.45) is 5.73 Å². The topological polar surface area (TPSA) is 42.1 Å². The Bertz CT molecular complexity index is 333. The quantitative estimate of drug-likeness (QED) is 0.878. The van der Waals surface area contributed by atoms with Crippen LogP contribution in [0.5, 0.6) is 0 Å². The van der Waals surface area contributed by atoms with Crippen LogP contribution in [-0.2, 0) is 0 Å². The summed E-state index contributed by atoms with van der Waals surface area (Å²) in [6.07, 6.45) is 4.03. The Hall–Kier alpha value is -0.320. The summed E-state index contributed by atoms with van der Waals surface area (Å²) in [5.41, 5.74) is 5.60. The van der Waals surface area contributed by atoms with Crippen LogP contribution in [0.15, 0.2) is 16.7 Å². The lowest BCUT2D eigenvalue weighted by Gasteiger charge is -2.23. The third-order valence-corrected chi connectivity index (χ3v) is 2.98. The monoisotopic (exact) mass is 305 g/mol. The van der Waals surface area contributed by atoms with Gasteiger partial charge < -0.3 is 10.6 Å². The van der Waals surface area contributed by atoms with Gasteiger partial charge in [-0.1, -0.05) is 24.9 Å². The molecule has 0 aliphatic carbocycles. The van der Waals surface area contributed by atoms with Crippen molar-refractivity contribution in [3.63, 3.8) is 0 Å². The first kappa shape index (κ1) is 13.7. The maximum absolute atomic E-state index is 6.16. The zero-order chi connectivity index (χ0) is 12.0. The van der Waals surface area contributed by atoms with E-state index in [4.69, 9.17) is 17.3 Å². The zero-order valence-corrected chi connectivity index (χ0v) is 11.8. The number of hydrogen-bond donors (Lipinski definition) is 1. The van der Waals surface area contributed by atoms with E-state index in [1.54, 1.807) is 6.20 Å². The van der Waals surface area contributed by atoms with E-state index in [1.807, 2.05) is 6.07 Å². The fourth-order valence-corrected chi connectivity index (χ4v) is 2.22. The normalized spacial score (nSPS) is 10.5. The van der Waals surface area contributed by atoms with Crippen molar-refractivity contribution in [2.45, 2.75) is 19.8 Å². The first-order valence-electron chi connectivity index (χ1n) is 5.45. The third-order valence-electron chi connectivity index (χ3n) is 2.27. The van der Waals surface area contributed by atoms with Crippen LogP contribution in [0.3, 0.4) is 0 Å². The predicted molar refractivity (Wildman–Crippen MR) is 73.1 cm³/mol. The predicted octanol–water partition coefficient (Wildman–Crippen LogP) is 3.06. The molecule has 5 heteroatoms. The van der Waals surface area contributed by atoms with E-state index in [0.717, 1.165) is 36.2 Å². The Kier molecular flexibility index (Phi) is 6.09. The fourth-order valence-electron chi connectivity index (χ4n) is 1.47. The molecule has 0 atom stereocenters. The molecule has 2 N–H and O–H groups in total. The van der Waals surface area contributed by atoms with Crippen molar-refractivity contribution >= 4 is 33.3 Å². The molecule has 0 fully saturated rings. The second kappa shape index (κ2) is 7.09. The molecule has 0 aromatic carbocycles. The average molecular weight is 307 g/mol. The molecule has 1 heterocycles. The van der Waals surface area contributed by atoms with E-state index in [-0.39, 0.29) is 0 Å². The van der Waals surface area contributed by atoms with Crippen LogP contribution in [0.4, 0.5) is 5.82 Å². The number of nitrogens with zero attached hydrogens (tertiary/aromatic N) is 2. The van der Waals surface area contributed by atoms with E-state index in [0.29, 0.717) is 11.6 Å². The molecule has 0 aliphatic heterocycles. The van der Waals surface area contributed by atoms with Gasteiger partial charge in [-0.3, -0.25) is 0 Å². The maximum Gasteiger partial charge on any atom is 0.147 e. The smallest absolute Gasteiger partial charge is 0.147 e. The molecule has 0 aliphatic rings. The number of hydrogen-bond acceptors (Lipinski definition) is 3. The Morgan fingerprint density at radius 2 is 2.25 bits per heavy atom. The maximum atomic E-state index is 6.16. The van der Waals surface area contributed by atoms with Gasteiger partial charge >= 0.3 is 0 Å². The number of aromatic nitrogens is 1. The van der Waals surface area contributed by atoms with Crippen LogP contribution in [0.25, 0.3) is 0 Å². The van der Waals surface area contributed by atoms with Crippen molar-refractivity contribution in [3.05, 3.63) is 21.8 Å². The first-order chi connectivity index (χ1) is 7.69. The van der Waals surface area contributed by atoms with Gasteiger partial charge in [0, 0.05) is 30.3 Å². The summed E-state index contributed by atoms with van der Waals surface area (Å²) < 4.78 is 0.893. The summed E-state index contributed by atoms with van der Waals surface area (Å²) in [5.74, 6) is 0.823. The van der Waals surface area contributed by atoms with Crippen LogP contribution in [0, 0.1) is 0 Å². The number of anilines is 1. The summed E-state index contributed by atoms with van der Waals surface area (Å²) in [4.78, 5) is 6.48. The van der Waals surface area contributed by atoms with E-state index in [2.05, 4.69) is 32.7 Å². The molecule has 1 aromatic rings. The van der Waals surface area contributed by atoms with Crippen LogP contribution in [0.1, 0.15) is 19.8 Å². The summed E-state index contributed by atoms with van der Waals surface area (Å²) in [5, 5.41) is 0.666. The number of rotatable bonds is 6. The molecule has 1 rings (SSSR count). The molecule has 1 aromatic heterocycles. The second-order valence-corrected chi connectivity index (χ2v) is 4.91. The van der Waals surface area contributed by atoms with Crippen molar-refractivity contribution in [3.8, 4) is 0 Å². The zero-order valence-electron chi connectivity index (χ0n) is 9.42. The summed E-state index contributed by atoms with van der Waals surface area (Å²) >= 11 is 9.51. The van der Waals surface area contributed by atoms with Gasteiger partial charge in [0.15, 0.2) is 0 Å². The fraction of sp³-hybridized carbons (Fsp3) is 0.545. The Balaban J connectivity index is 2.82. The molecule has 0 amide bonds. The highest BCUT2D eigenvalue weighted by Gasteiger charge is 2.10. The van der Waals surface area contributed by atoms with Gasteiger partial charge in [-0.05, 0) is 28.4 Å². The summed E-state index contributed by atoms with van der Waals surface area (Å²) in [6, 6.07) is 1.86. The molecule has 0 bridgehead atoms. The van der Waals surface area contributed by atoms with Crippen molar-refractivity contribution in [2.75, 3.05) is 24.5 Å². The van der Waals surface area contributed by atoms with Crippen LogP contribution in [0.2, 0.25) is 5.02 Å². The number of nitrogens with two attached hydrogens (primary N) is 1. The molecular weight excluding hydrogens is 289 g/mol. The minimum absolute atomic E-state index is 0.609. The largest absolute Gasteiger partial charge is 0.354 e. The van der Waals surface area contributed by atoms with Gasteiger partial charge in [0.1, 0.15) is 5.82 Å². The van der Waals surface area contributed by atoms with Crippen LogP contribution >= 0.6 is 27.5 Å². The number of pyridine rings is 1. The minimum Gasteiger partial charge on any atom is -0.354 e. The average Bonchev–Trinajstić information content (AvgIpc) is 2.25. The molecule has 16 heavy (non-hydrogen) atoms.